The predicted molar refractivity (Wildman–Crippen MR) is 78.5 cm³/mol. The van der Waals surface area contributed by atoms with Gasteiger partial charge in [-0.25, -0.2) is 8.42 Å². The normalized spacial score (nSPS) is 11.8. The molecule has 0 aliphatic carbocycles. The molecule has 0 spiro atoms. The number of halogens is 2. The third-order valence-electron chi connectivity index (χ3n) is 2.80. The molecule has 1 aromatic heterocycles. The van der Waals surface area contributed by atoms with Crippen molar-refractivity contribution >= 4 is 31.3 Å². The van der Waals surface area contributed by atoms with E-state index in [9.17, 15) is 8.42 Å². The lowest BCUT2D eigenvalue weighted by molar-refractivity contribution is 0.570. The van der Waals surface area contributed by atoms with Crippen LogP contribution in [0.2, 0.25) is 5.02 Å². The van der Waals surface area contributed by atoms with Crippen molar-refractivity contribution < 1.29 is 8.42 Å². The molecule has 108 valence electrons. The fraction of sp³-hybridized carbons (Fsp3) is 0.333. The molecule has 0 atom stereocenters. The largest absolute Gasteiger partial charge is 0.297 e. The zero-order valence-electron chi connectivity index (χ0n) is 11.0. The van der Waals surface area contributed by atoms with Crippen molar-refractivity contribution in [3.63, 3.8) is 0 Å². The van der Waals surface area contributed by atoms with Crippen LogP contribution in [0.3, 0.4) is 0 Å². The molecule has 1 heterocycles. The Morgan fingerprint density at radius 3 is 2.55 bits per heavy atom. The Kier molecular flexibility index (Phi) is 4.36. The molecule has 5 nitrogen and oxygen atoms in total. The van der Waals surface area contributed by atoms with Gasteiger partial charge in [0.05, 0.1) is 0 Å². The van der Waals surface area contributed by atoms with E-state index in [-0.39, 0.29) is 5.16 Å². The van der Waals surface area contributed by atoms with Crippen molar-refractivity contribution in [2.24, 2.45) is 0 Å². The molecule has 2 aromatic rings. The first kappa shape index (κ1) is 15.3. The van der Waals surface area contributed by atoms with Crippen molar-refractivity contribution in [1.82, 2.24) is 14.8 Å². The van der Waals surface area contributed by atoms with Crippen molar-refractivity contribution in [3.05, 3.63) is 28.8 Å². The van der Waals surface area contributed by atoms with Crippen LogP contribution in [0.5, 0.6) is 0 Å². The van der Waals surface area contributed by atoms with Crippen LogP contribution in [-0.2, 0) is 15.6 Å². The van der Waals surface area contributed by atoms with Crippen LogP contribution in [0.25, 0.3) is 11.4 Å². The van der Waals surface area contributed by atoms with Gasteiger partial charge in [0.2, 0.25) is 0 Å². The summed E-state index contributed by atoms with van der Waals surface area (Å²) in [7, 11) is 1.46. The Morgan fingerprint density at radius 1 is 1.30 bits per heavy atom. The first-order valence-electron chi connectivity index (χ1n) is 5.99. The Hall–Kier alpha value is -1.11. The van der Waals surface area contributed by atoms with Crippen molar-refractivity contribution in [2.75, 3.05) is 0 Å². The molecule has 0 bridgehead atoms. The highest BCUT2D eigenvalue weighted by Crippen LogP contribution is 2.26. The molecule has 0 unspecified atom stereocenters. The van der Waals surface area contributed by atoms with Gasteiger partial charge in [-0.05, 0) is 37.1 Å². The number of aromatic nitrogens is 3. The van der Waals surface area contributed by atoms with Crippen LogP contribution in [0.4, 0.5) is 0 Å². The molecular weight excluding hydrogens is 321 g/mol. The minimum absolute atomic E-state index is 0.233. The number of rotatable bonds is 4. The number of hydrogen-bond acceptors (Lipinski definition) is 4. The van der Waals surface area contributed by atoms with Gasteiger partial charge in [-0.1, -0.05) is 18.5 Å². The van der Waals surface area contributed by atoms with Gasteiger partial charge < -0.3 is 0 Å². The zero-order valence-corrected chi connectivity index (χ0v) is 13.3. The zero-order chi connectivity index (χ0) is 14.9. The molecule has 0 aliphatic rings. The number of benzene rings is 1. The highest BCUT2D eigenvalue weighted by molar-refractivity contribution is 8.13. The number of aryl methyl sites for hydroxylation is 1. The highest BCUT2D eigenvalue weighted by atomic mass is 35.7. The van der Waals surface area contributed by atoms with Crippen molar-refractivity contribution in [3.8, 4) is 11.4 Å². The van der Waals surface area contributed by atoms with Gasteiger partial charge in [0.25, 0.3) is 14.2 Å². The van der Waals surface area contributed by atoms with Gasteiger partial charge in [-0.15, -0.1) is 10.2 Å². The lowest BCUT2D eigenvalue weighted by atomic mass is 10.1. The molecule has 0 radical (unpaired) electrons. The van der Waals surface area contributed by atoms with Gasteiger partial charge in [0.1, 0.15) is 0 Å². The average Bonchev–Trinajstić information content (AvgIpc) is 2.77. The Balaban J connectivity index is 2.62. The summed E-state index contributed by atoms with van der Waals surface area (Å²) < 4.78 is 24.5. The van der Waals surface area contributed by atoms with E-state index >= 15 is 0 Å². The molecule has 0 saturated carbocycles. The molecule has 8 heteroatoms. The summed E-state index contributed by atoms with van der Waals surface area (Å²) in [4.78, 5) is 0. The Labute approximate surface area is 127 Å². The predicted octanol–water partition coefficient (Wildman–Crippen LogP) is 3.24. The summed E-state index contributed by atoms with van der Waals surface area (Å²) in [6, 6.07) is 5.35. The maximum absolute atomic E-state index is 11.5. The smallest absolute Gasteiger partial charge is 0.296 e. The number of hydrogen-bond donors (Lipinski definition) is 0. The summed E-state index contributed by atoms with van der Waals surface area (Å²) >= 11 is 5.99. The van der Waals surface area contributed by atoms with Crippen LogP contribution in [0, 0.1) is 6.92 Å². The minimum atomic E-state index is -3.93. The highest BCUT2D eigenvalue weighted by Gasteiger charge is 2.23. The first-order valence-corrected chi connectivity index (χ1v) is 8.67. The monoisotopic (exact) mass is 333 g/mol. The Bertz CT molecular complexity index is 741. The van der Waals surface area contributed by atoms with Crippen LogP contribution in [-0.4, -0.2) is 23.2 Å². The Morgan fingerprint density at radius 2 is 2.00 bits per heavy atom. The molecule has 0 fully saturated rings. The molecule has 1 aromatic carbocycles. The molecule has 2 rings (SSSR count). The van der Waals surface area contributed by atoms with Crippen molar-refractivity contribution in [1.29, 1.82) is 0 Å². The second kappa shape index (κ2) is 5.71. The maximum Gasteiger partial charge on any atom is 0.296 e. The second-order valence-corrected chi connectivity index (χ2v) is 7.23. The van der Waals surface area contributed by atoms with Crippen LogP contribution < -0.4 is 0 Å². The molecule has 0 amide bonds. The lowest BCUT2D eigenvalue weighted by Gasteiger charge is -2.08. The third-order valence-corrected chi connectivity index (χ3v) is 4.37. The molecule has 20 heavy (non-hydrogen) atoms. The summed E-state index contributed by atoms with van der Waals surface area (Å²) in [5, 5.41) is 8.05. The van der Waals surface area contributed by atoms with Gasteiger partial charge in [0.15, 0.2) is 5.82 Å². The van der Waals surface area contributed by atoms with E-state index in [0.717, 1.165) is 17.5 Å². The minimum Gasteiger partial charge on any atom is -0.297 e. The second-order valence-electron chi connectivity index (χ2n) is 4.36. The number of nitrogens with zero attached hydrogens (tertiary/aromatic N) is 3. The quantitative estimate of drug-likeness (QED) is 0.805. The van der Waals surface area contributed by atoms with E-state index in [1.54, 1.807) is 12.1 Å². The summed E-state index contributed by atoms with van der Waals surface area (Å²) in [6.07, 6.45) is 0.733. The molecule has 0 saturated heterocycles. The van der Waals surface area contributed by atoms with E-state index < -0.39 is 9.05 Å². The van der Waals surface area contributed by atoms with E-state index in [1.807, 2.05) is 19.9 Å². The lowest BCUT2D eigenvalue weighted by Crippen LogP contribution is -2.07. The average molecular weight is 334 g/mol. The van der Waals surface area contributed by atoms with Crippen LogP contribution in [0.15, 0.2) is 23.4 Å². The van der Waals surface area contributed by atoms with E-state index in [0.29, 0.717) is 17.4 Å². The first-order chi connectivity index (χ1) is 9.34. The molecular formula is C12H13Cl2N3O2S. The third kappa shape index (κ3) is 2.97. The van der Waals surface area contributed by atoms with Crippen LogP contribution >= 0.6 is 22.3 Å². The van der Waals surface area contributed by atoms with Gasteiger partial charge in [0, 0.05) is 27.8 Å². The summed E-state index contributed by atoms with van der Waals surface area (Å²) in [5.41, 5.74) is 1.63. The SMILES string of the molecule is CCCn1c(-c2ccc(Cl)c(C)c2)nnc1S(=O)(=O)Cl. The summed E-state index contributed by atoms with van der Waals surface area (Å²) in [5.74, 6) is 0.464. The van der Waals surface area contributed by atoms with Crippen molar-refractivity contribution in [2.45, 2.75) is 32.0 Å². The maximum atomic E-state index is 11.5. The van der Waals surface area contributed by atoms with E-state index in [2.05, 4.69) is 10.2 Å². The molecule has 0 aliphatic heterocycles. The fourth-order valence-electron chi connectivity index (χ4n) is 1.89. The fourth-order valence-corrected chi connectivity index (χ4v) is 2.93. The van der Waals surface area contributed by atoms with Crippen LogP contribution in [0.1, 0.15) is 18.9 Å². The van der Waals surface area contributed by atoms with E-state index in [4.69, 9.17) is 22.3 Å². The summed E-state index contributed by atoms with van der Waals surface area (Å²) in [6.45, 7) is 4.26. The van der Waals surface area contributed by atoms with Gasteiger partial charge in [-0.2, -0.15) is 0 Å². The van der Waals surface area contributed by atoms with Gasteiger partial charge in [-0.3, -0.25) is 4.57 Å². The van der Waals surface area contributed by atoms with E-state index in [1.165, 1.54) is 4.57 Å². The molecule has 0 N–H and O–H groups in total. The standard InChI is InChI=1S/C12H13Cl2N3O2S/c1-3-6-17-11(15-16-12(17)20(14,18)19)9-4-5-10(13)8(2)7-9/h4-5,7H,3,6H2,1-2H3. The van der Waals surface area contributed by atoms with Gasteiger partial charge >= 0.3 is 0 Å². The topological polar surface area (TPSA) is 64.8 Å².